The van der Waals surface area contributed by atoms with Gasteiger partial charge >= 0.3 is 0 Å². The van der Waals surface area contributed by atoms with Crippen LogP contribution in [0.25, 0.3) is 0 Å². The van der Waals surface area contributed by atoms with Crippen LogP contribution in [0.4, 0.5) is 23.3 Å². The number of benzene rings is 2. The smallest absolute Gasteiger partial charge is 0.231 e. The fourth-order valence-corrected chi connectivity index (χ4v) is 3.75. The summed E-state index contributed by atoms with van der Waals surface area (Å²) in [7, 11) is 0. The molecule has 0 spiro atoms. The van der Waals surface area contributed by atoms with E-state index in [0.717, 1.165) is 31.6 Å². The lowest BCUT2D eigenvalue weighted by Gasteiger charge is -2.32. The molecule has 2 heterocycles. The van der Waals surface area contributed by atoms with Crippen LogP contribution in [-0.4, -0.2) is 33.9 Å². The number of hydrogen-bond donors (Lipinski definition) is 2. The van der Waals surface area contributed by atoms with Crippen LogP contribution in [0.15, 0.2) is 54.9 Å². The predicted octanol–water partition coefficient (Wildman–Crippen LogP) is 3.83. The molecule has 1 fully saturated rings. The normalized spacial score (nSPS) is 14.0. The van der Waals surface area contributed by atoms with Gasteiger partial charge in [-0.3, -0.25) is 4.79 Å². The van der Waals surface area contributed by atoms with Gasteiger partial charge in [-0.25, -0.2) is 9.97 Å². The van der Waals surface area contributed by atoms with E-state index in [1.54, 1.807) is 0 Å². The molecule has 156 valence electrons. The van der Waals surface area contributed by atoms with Gasteiger partial charge in [0, 0.05) is 31.4 Å². The van der Waals surface area contributed by atoms with E-state index in [4.69, 9.17) is 5.26 Å². The Kier molecular flexibility index (Phi) is 6.03. The van der Waals surface area contributed by atoms with Gasteiger partial charge in [0.15, 0.2) is 0 Å². The van der Waals surface area contributed by atoms with E-state index >= 15 is 0 Å². The maximum atomic E-state index is 11.3. The van der Waals surface area contributed by atoms with Crippen LogP contribution in [0, 0.1) is 11.3 Å². The number of rotatable bonds is 5. The fraction of sp³-hybridized carbons (Fsp3) is 0.261. The van der Waals surface area contributed by atoms with Crippen molar-refractivity contribution >= 4 is 29.2 Å². The summed E-state index contributed by atoms with van der Waals surface area (Å²) in [5.74, 6) is 1.46. The van der Waals surface area contributed by atoms with Crippen LogP contribution in [0.3, 0.4) is 0 Å². The second-order valence-electron chi connectivity index (χ2n) is 7.49. The number of amides is 1. The van der Waals surface area contributed by atoms with Crippen LogP contribution >= 0.6 is 0 Å². The molecule has 8 nitrogen and oxygen atoms in total. The lowest BCUT2D eigenvalue weighted by atomic mass is 9.89. The Morgan fingerprint density at radius 3 is 2.55 bits per heavy atom. The molecule has 31 heavy (non-hydrogen) atoms. The van der Waals surface area contributed by atoms with Gasteiger partial charge in [-0.1, -0.05) is 18.2 Å². The summed E-state index contributed by atoms with van der Waals surface area (Å²) in [6.45, 7) is 3.18. The average molecular weight is 413 g/mol. The molecule has 1 aliphatic heterocycles. The van der Waals surface area contributed by atoms with Crippen LogP contribution < -0.4 is 15.5 Å². The van der Waals surface area contributed by atoms with Crippen molar-refractivity contribution < 1.29 is 4.79 Å². The van der Waals surface area contributed by atoms with Gasteiger partial charge in [-0.05, 0) is 54.7 Å². The van der Waals surface area contributed by atoms with Crippen LogP contribution in [-0.2, 0) is 4.79 Å². The van der Waals surface area contributed by atoms with Crippen molar-refractivity contribution in [3.05, 3.63) is 66.0 Å². The molecule has 0 unspecified atom stereocenters. The Labute approximate surface area is 181 Å². The quantitative estimate of drug-likeness (QED) is 0.654. The number of anilines is 4. The Bertz CT molecular complexity index is 1100. The molecule has 0 radical (unpaired) electrons. The first kappa shape index (κ1) is 20.3. The number of nitrogens with zero attached hydrogens (tertiary/aromatic N) is 5. The molecule has 4 rings (SSSR count). The number of nitrogens with one attached hydrogen (secondary N) is 2. The summed E-state index contributed by atoms with van der Waals surface area (Å²) >= 11 is 0. The lowest BCUT2D eigenvalue weighted by molar-refractivity contribution is -0.114. The van der Waals surface area contributed by atoms with Crippen molar-refractivity contribution in [1.29, 1.82) is 5.26 Å². The number of carbonyl (C=O) groups excluding carboxylic acids is 1. The minimum atomic E-state index is -0.121. The van der Waals surface area contributed by atoms with Gasteiger partial charge in [-0.15, -0.1) is 0 Å². The molecule has 1 aromatic heterocycles. The van der Waals surface area contributed by atoms with E-state index < -0.39 is 0 Å². The Balaban J connectivity index is 1.40. The maximum absolute atomic E-state index is 11.3. The topological polar surface area (TPSA) is 107 Å². The van der Waals surface area contributed by atoms with E-state index in [1.165, 1.54) is 18.8 Å². The van der Waals surface area contributed by atoms with Crippen LogP contribution in [0.5, 0.6) is 0 Å². The minimum absolute atomic E-state index is 0.121. The standard InChI is InChI=1S/C23H23N7O/c1-16(31)27-20-3-2-4-21(13-20)28-22-25-15-26-23(29-22)30-11-9-19(10-12-30)18-7-5-17(14-24)6-8-18/h2-8,13,15,19H,9-12H2,1H3,(H,27,31)(H,25,26,28,29). The van der Waals surface area contributed by atoms with E-state index in [1.807, 2.05) is 36.4 Å². The zero-order valence-corrected chi connectivity index (χ0v) is 17.2. The summed E-state index contributed by atoms with van der Waals surface area (Å²) in [4.78, 5) is 26.6. The first-order valence-corrected chi connectivity index (χ1v) is 10.2. The zero-order valence-electron chi connectivity index (χ0n) is 17.2. The molecule has 0 bridgehead atoms. The number of hydrogen-bond acceptors (Lipinski definition) is 7. The Morgan fingerprint density at radius 1 is 1.10 bits per heavy atom. The first-order valence-electron chi connectivity index (χ1n) is 10.2. The van der Waals surface area contributed by atoms with E-state index in [9.17, 15) is 4.79 Å². The van der Waals surface area contributed by atoms with Crippen LogP contribution in [0.2, 0.25) is 0 Å². The molecule has 2 aromatic carbocycles. The van der Waals surface area contributed by atoms with Gasteiger partial charge < -0.3 is 15.5 Å². The Hall–Kier alpha value is -3.99. The minimum Gasteiger partial charge on any atom is -0.341 e. The number of aromatic nitrogens is 3. The van der Waals surface area contributed by atoms with Gasteiger partial charge in [0.25, 0.3) is 0 Å². The van der Waals surface area contributed by atoms with Gasteiger partial charge in [-0.2, -0.15) is 10.2 Å². The molecule has 0 saturated carbocycles. The van der Waals surface area contributed by atoms with Crippen LogP contribution in [0.1, 0.15) is 36.8 Å². The SMILES string of the molecule is CC(=O)Nc1cccc(Nc2ncnc(N3CCC(c4ccc(C#N)cc4)CC3)n2)c1. The highest BCUT2D eigenvalue weighted by Crippen LogP contribution is 2.29. The molecule has 0 atom stereocenters. The number of carbonyl (C=O) groups is 1. The first-order chi connectivity index (χ1) is 15.1. The van der Waals surface area contributed by atoms with E-state index in [0.29, 0.717) is 29.1 Å². The molecular formula is C23H23N7O. The molecule has 8 heteroatoms. The van der Waals surface area contributed by atoms with E-state index in [2.05, 4.69) is 48.7 Å². The van der Waals surface area contributed by atoms with Gasteiger partial charge in [0.1, 0.15) is 6.33 Å². The summed E-state index contributed by atoms with van der Waals surface area (Å²) in [6, 6.07) is 17.4. The number of nitriles is 1. The molecule has 0 aliphatic carbocycles. The van der Waals surface area contributed by atoms with Crippen molar-refractivity contribution in [1.82, 2.24) is 15.0 Å². The second-order valence-corrected chi connectivity index (χ2v) is 7.49. The monoisotopic (exact) mass is 413 g/mol. The molecule has 2 N–H and O–H groups in total. The Morgan fingerprint density at radius 2 is 1.84 bits per heavy atom. The molecule has 1 saturated heterocycles. The fourth-order valence-electron chi connectivity index (χ4n) is 3.75. The largest absolute Gasteiger partial charge is 0.341 e. The molecule has 1 amide bonds. The number of piperidine rings is 1. The van der Waals surface area contributed by atoms with Gasteiger partial charge in [0.2, 0.25) is 17.8 Å². The summed E-state index contributed by atoms with van der Waals surface area (Å²) in [5, 5.41) is 14.9. The van der Waals surface area contributed by atoms with E-state index in [-0.39, 0.29) is 5.91 Å². The third kappa shape index (κ3) is 5.14. The van der Waals surface area contributed by atoms with Crippen molar-refractivity contribution in [3.63, 3.8) is 0 Å². The van der Waals surface area contributed by atoms with Crippen molar-refractivity contribution in [2.45, 2.75) is 25.7 Å². The lowest BCUT2D eigenvalue weighted by Crippen LogP contribution is -2.34. The third-order valence-electron chi connectivity index (χ3n) is 5.29. The summed E-state index contributed by atoms with van der Waals surface area (Å²) in [6.07, 6.45) is 3.51. The summed E-state index contributed by atoms with van der Waals surface area (Å²) in [5.41, 5.74) is 3.45. The highest BCUT2D eigenvalue weighted by molar-refractivity contribution is 5.89. The molecule has 1 aliphatic rings. The van der Waals surface area contributed by atoms with Crippen molar-refractivity contribution in [2.24, 2.45) is 0 Å². The summed E-state index contributed by atoms with van der Waals surface area (Å²) < 4.78 is 0. The zero-order chi connectivity index (χ0) is 21.6. The van der Waals surface area contributed by atoms with Crippen molar-refractivity contribution in [2.75, 3.05) is 28.6 Å². The average Bonchev–Trinajstić information content (AvgIpc) is 2.79. The maximum Gasteiger partial charge on any atom is 0.231 e. The molecular weight excluding hydrogens is 390 g/mol. The highest BCUT2D eigenvalue weighted by Gasteiger charge is 2.22. The van der Waals surface area contributed by atoms with Crippen molar-refractivity contribution in [3.8, 4) is 6.07 Å². The highest BCUT2D eigenvalue weighted by atomic mass is 16.1. The third-order valence-corrected chi connectivity index (χ3v) is 5.29. The second kappa shape index (κ2) is 9.22. The molecule has 3 aromatic rings. The predicted molar refractivity (Wildman–Crippen MR) is 119 cm³/mol. The van der Waals surface area contributed by atoms with Gasteiger partial charge in [0.05, 0.1) is 11.6 Å².